The lowest BCUT2D eigenvalue weighted by atomic mass is 10.2. The summed E-state index contributed by atoms with van der Waals surface area (Å²) < 4.78 is 10.3. The SMILES string of the molecule is COc1ccc(OC)c(NC(=O)CN2C(=O)S/C(=C/c3ccccc3)C2=O)c1. The summed E-state index contributed by atoms with van der Waals surface area (Å²) in [5, 5.41) is 2.16. The highest BCUT2D eigenvalue weighted by molar-refractivity contribution is 8.18. The van der Waals surface area contributed by atoms with Crippen molar-refractivity contribution in [1.82, 2.24) is 4.90 Å². The number of ether oxygens (including phenoxy) is 2. The molecule has 3 amide bonds. The number of imide groups is 1. The van der Waals surface area contributed by atoms with Crippen LogP contribution in [0.15, 0.2) is 53.4 Å². The second-order valence-corrected chi connectivity index (χ2v) is 6.79. The van der Waals surface area contributed by atoms with E-state index in [1.54, 1.807) is 24.3 Å². The third-order valence-electron chi connectivity index (χ3n) is 3.95. The van der Waals surface area contributed by atoms with E-state index in [9.17, 15) is 14.4 Å². The summed E-state index contributed by atoms with van der Waals surface area (Å²) in [7, 11) is 2.98. The molecule has 1 N–H and O–H groups in total. The maximum absolute atomic E-state index is 12.5. The van der Waals surface area contributed by atoms with E-state index < -0.39 is 23.6 Å². The number of carbonyl (C=O) groups excluding carboxylic acids is 3. The standard InChI is InChI=1S/C20H18N2O5S/c1-26-14-8-9-16(27-2)15(11-14)21-18(23)12-22-19(24)17(28-20(22)25)10-13-6-4-3-5-7-13/h3-11H,12H2,1-2H3,(H,21,23)/b17-10+. The maximum Gasteiger partial charge on any atom is 0.294 e. The quantitative estimate of drug-likeness (QED) is 0.751. The molecule has 1 saturated heterocycles. The molecular weight excluding hydrogens is 380 g/mol. The predicted molar refractivity (Wildman–Crippen MR) is 107 cm³/mol. The van der Waals surface area contributed by atoms with Crippen LogP contribution in [0.2, 0.25) is 0 Å². The third kappa shape index (κ3) is 4.34. The second kappa shape index (κ2) is 8.62. The first kappa shape index (κ1) is 19.5. The lowest BCUT2D eigenvalue weighted by Crippen LogP contribution is -2.36. The van der Waals surface area contributed by atoms with Crippen molar-refractivity contribution in [3.8, 4) is 11.5 Å². The van der Waals surface area contributed by atoms with Crippen molar-refractivity contribution in [3.63, 3.8) is 0 Å². The summed E-state index contributed by atoms with van der Waals surface area (Å²) in [6, 6.07) is 14.1. The molecule has 2 aromatic carbocycles. The number of methoxy groups -OCH3 is 2. The first-order chi connectivity index (χ1) is 13.5. The molecule has 0 atom stereocenters. The van der Waals surface area contributed by atoms with E-state index >= 15 is 0 Å². The summed E-state index contributed by atoms with van der Waals surface area (Å²) in [4.78, 5) is 38.3. The molecule has 1 aliphatic heterocycles. The third-order valence-corrected chi connectivity index (χ3v) is 4.86. The zero-order chi connectivity index (χ0) is 20.1. The van der Waals surface area contributed by atoms with Gasteiger partial charge in [0.2, 0.25) is 5.91 Å². The molecule has 0 aromatic heterocycles. The molecule has 28 heavy (non-hydrogen) atoms. The number of hydrogen-bond acceptors (Lipinski definition) is 6. The predicted octanol–water partition coefficient (Wildman–Crippen LogP) is 3.38. The summed E-state index contributed by atoms with van der Waals surface area (Å²) in [6.45, 7) is -0.392. The lowest BCUT2D eigenvalue weighted by molar-refractivity contribution is -0.127. The molecule has 144 valence electrons. The van der Waals surface area contributed by atoms with Gasteiger partial charge >= 0.3 is 0 Å². The Balaban J connectivity index is 1.72. The Bertz CT molecular complexity index is 943. The van der Waals surface area contributed by atoms with E-state index in [1.165, 1.54) is 14.2 Å². The van der Waals surface area contributed by atoms with Gasteiger partial charge in [0.1, 0.15) is 18.0 Å². The fraction of sp³-hybridized carbons (Fsp3) is 0.150. The van der Waals surface area contributed by atoms with Crippen molar-refractivity contribution in [2.24, 2.45) is 0 Å². The summed E-state index contributed by atoms with van der Waals surface area (Å²) >= 11 is 0.812. The Morgan fingerprint density at radius 1 is 1.11 bits per heavy atom. The molecule has 0 radical (unpaired) electrons. The van der Waals surface area contributed by atoms with Crippen molar-refractivity contribution < 1.29 is 23.9 Å². The molecule has 0 bridgehead atoms. The van der Waals surface area contributed by atoms with Gasteiger partial charge < -0.3 is 14.8 Å². The van der Waals surface area contributed by atoms with Gasteiger partial charge in [0.05, 0.1) is 24.8 Å². The van der Waals surface area contributed by atoms with Crippen LogP contribution in [0.25, 0.3) is 6.08 Å². The van der Waals surface area contributed by atoms with Crippen LogP contribution in [0.3, 0.4) is 0 Å². The molecule has 0 saturated carbocycles. The van der Waals surface area contributed by atoms with Gasteiger partial charge in [0, 0.05) is 6.07 Å². The van der Waals surface area contributed by atoms with Crippen LogP contribution in [0.4, 0.5) is 10.5 Å². The minimum Gasteiger partial charge on any atom is -0.497 e. The van der Waals surface area contributed by atoms with Gasteiger partial charge in [0.25, 0.3) is 11.1 Å². The molecule has 1 aliphatic rings. The van der Waals surface area contributed by atoms with Crippen LogP contribution >= 0.6 is 11.8 Å². The van der Waals surface area contributed by atoms with Crippen LogP contribution in [0.5, 0.6) is 11.5 Å². The highest BCUT2D eigenvalue weighted by atomic mass is 32.2. The molecule has 0 unspecified atom stereocenters. The van der Waals surface area contributed by atoms with Crippen LogP contribution in [-0.4, -0.2) is 42.7 Å². The molecule has 2 aromatic rings. The molecule has 1 heterocycles. The van der Waals surface area contributed by atoms with Crippen LogP contribution in [-0.2, 0) is 9.59 Å². The lowest BCUT2D eigenvalue weighted by Gasteiger charge is -2.15. The fourth-order valence-corrected chi connectivity index (χ4v) is 3.42. The summed E-state index contributed by atoms with van der Waals surface area (Å²) in [5.41, 5.74) is 1.19. The Labute approximate surface area is 166 Å². The molecule has 0 aliphatic carbocycles. The number of carbonyl (C=O) groups is 3. The molecule has 7 nitrogen and oxygen atoms in total. The molecular formula is C20H18N2O5S. The van der Waals surface area contributed by atoms with E-state index in [0.29, 0.717) is 17.2 Å². The highest BCUT2D eigenvalue weighted by Crippen LogP contribution is 2.33. The van der Waals surface area contributed by atoms with E-state index in [2.05, 4.69) is 5.32 Å². The topological polar surface area (TPSA) is 84.9 Å². The maximum atomic E-state index is 12.5. The molecule has 0 spiro atoms. The van der Waals surface area contributed by atoms with Crippen LogP contribution in [0, 0.1) is 0 Å². The zero-order valence-electron chi connectivity index (χ0n) is 15.3. The number of rotatable bonds is 6. The van der Waals surface area contributed by atoms with Gasteiger partial charge in [-0.1, -0.05) is 30.3 Å². The van der Waals surface area contributed by atoms with Crippen molar-refractivity contribution in [3.05, 3.63) is 59.0 Å². The molecule has 1 fully saturated rings. The Kier molecular flexibility index (Phi) is 6.00. The number of nitrogens with zero attached hydrogens (tertiary/aromatic N) is 1. The van der Waals surface area contributed by atoms with Gasteiger partial charge in [-0.05, 0) is 35.5 Å². The first-order valence-corrected chi connectivity index (χ1v) is 9.15. The average Bonchev–Trinajstić information content (AvgIpc) is 2.96. The smallest absolute Gasteiger partial charge is 0.294 e. The second-order valence-electron chi connectivity index (χ2n) is 5.79. The van der Waals surface area contributed by atoms with Gasteiger partial charge in [-0.3, -0.25) is 19.3 Å². The minimum absolute atomic E-state index is 0.281. The zero-order valence-corrected chi connectivity index (χ0v) is 16.1. The van der Waals surface area contributed by atoms with Gasteiger partial charge in [-0.15, -0.1) is 0 Å². The summed E-state index contributed by atoms with van der Waals surface area (Å²) in [5.74, 6) is -0.0400. The number of thioether (sulfide) groups is 1. The minimum atomic E-state index is -0.519. The first-order valence-electron chi connectivity index (χ1n) is 8.34. The average molecular weight is 398 g/mol. The molecule has 3 rings (SSSR count). The molecule has 8 heteroatoms. The van der Waals surface area contributed by atoms with Gasteiger partial charge in [-0.25, -0.2) is 0 Å². The number of benzene rings is 2. The van der Waals surface area contributed by atoms with Crippen molar-refractivity contribution in [2.45, 2.75) is 0 Å². The van der Waals surface area contributed by atoms with Crippen molar-refractivity contribution >= 4 is 40.6 Å². The number of anilines is 1. The van der Waals surface area contributed by atoms with Gasteiger partial charge in [-0.2, -0.15) is 0 Å². The number of nitrogens with one attached hydrogen (secondary N) is 1. The van der Waals surface area contributed by atoms with E-state index in [-0.39, 0.29) is 4.91 Å². The van der Waals surface area contributed by atoms with Crippen molar-refractivity contribution in [1.29, 1.82) is 0 Å². The Hall–Kier alpha value is -3.26. The fourth-order valence-electron chi connectivity index (χ4n) is 2.58. The highest BCUT2D eigenvalue weighted by Gasteiger charge is 2.36. The van der Waals surface area contributed by atoms with E-state index in [1.807, 2.05) is 30.3 Å². The van der Waals surface area contributed by atoms with Crippen molar-refractivity contribution in [2.75, 3.05) is 26.1 Å². The van der Waals surface area contributed by atoms with Crippen LogP contribution < -0.4 is 14.8 Å². The summed E-state index contributed by atoms with van der Waals surface area (Å²) in [6.07, 6.45) is 1.63. The normalized spacial score (nSPS) is 15.1. The Morgan fingerprint density at radius 3 is 2.54 bits per heavy atom. The monoisotopic (exact) mass is 398 g/mol. The van der Waals surface area contributed by atoms with E-state index in [4.69, 9.17) is 9.47 Å². The Morgan fingerprint density at radius 2 is 1.86 bits per heavy atom. The van der Waals surface area contributed by atoms with E-state index in [0.717, 1.165) is 22.2 Å². The number of amides is 3. The largest absolute Gasteiger partial charge is 0.497 e. The number of hydrogen-bond donors (Lipinski definition) is 1. The van der Waals surface area contributed by atoms with Gasteiger partial charge in [0.15, 0.2) is 0 Å². The van der Waals surface area contributed by atoms with Crippen LogP contribution in [0.1, 0.15) is 5.56 Å².